The number of aliphatic hydroxyl groups excluding tert-OH is 1. The summed E-state index contributed by atoms with van der Waals surface area (Å²) in [5, 5.41) is 19.2. The lowest BCUT2D eigenvalue weighted by atomic mass is 10.1. The van der Waals surface area contributed by atoms with Gasteiger partial charge < -0.3 is 15.1 Å². The smallest absolute Gasteiger partial charge is 0.123 e. The van der Waals surface area contributed by atoms with Crippen molar-refractivity contribution < 1.29 is 10.2 Å². The molecule has 0 aromatic heterocycles. The first-order valence-corrected chi connectivity index (χ1v) is 6.14. The van der Waals surface area contributed by atoms with Gasteiger partial charge in [-0.2, -0.15) is 0 Å². The van der Waals surface area contributed by atoms with Crippen LogP contribution in [-0.4, -0.2) is 23.8 Å². The predicted octanol–water partition coefficient (Wildman–Crippen LogP) is 2.93. The van der Waals surface area contributed by atoms with E-state index < -0.39 is 6.10 Å². The van der Waals surface area contributed by atoms with Gasteiger partial charge in [-0.15, -0.1) is 0 Å². The van der Waals surface area contributed by atoms with E-state index in [9.17, 15) is 10.2 Å². The van der Waals surface area contributed by atoms with Crippen molar-refractivity contribution >= 4 is 5.69 Å². The Hall–Kier alpha value is -1.22. The fourth-order valence-electron chi connectivity index (χ4n) is 1.70. The predicted molar refractivity (Wildman–Crippen MR) is 71.5 cm³/mol. The van der Waals surface area contributed by atoms with Gasteiger partial charge in [0.25, 0.3) is 0 Å². The second-order valence-electron chi connectivity index (χ2n) is 5.02. The topological polar surface area (TPSA) is 43.7 Å². The van der Waals surface area contributed by atoms with Gasteiger partial charge in [-0.3, -0.25) is 0 Å². The zero-order chi connectivity index (χ0) is 13.0. The van der Waals surface area contributed by atoms with E-state index in [-0.39, 0.29) is 5.75 Å². The summed E-state index contributed by atoms with van der Waals surface area (Å²) >= 11 is 0. The van der Waals surface area contributed by atoms with Gasteiger partial charge in [0.05, 0.1) is 6.10 Å². The van der Waals surface area contributed by atoms with Gasteiger partial charge in [0, 0.05) is 30.9 Å². The largest absolute Gasteiger partial charge is 0.507 e. The number of anilines is 1. The number of aromatic hydroxyl groups is 1. The van der Waals surface area contributed by atoms with Crippen LogP contribution < -0.4 is 4.90 Å². The molecule has 0 aliphatic carbocycles. The van der Waals surface area contributed by atoms with E-state index in [2.05, 4.69) is 18.7 Å². The summed E-state index contributed by atoms with van der Waals surface area (Å²) in [7, 11) is 2.01. The van der Waals surface area contributed by atoms with Crippen molar-refractivity contribution in [2.24, 2.45) is 5.92 Å². The summed E-state index contributed by atoms with van der Waals surface area (Å²) in [5.41, 5.74) is 1.55. The van der Waals surface area contributed by atoms with Crippen LogP contribution in [0.1, 0.15) is 38.9 Å². The number of aliphatic hydroxyl groups is 1. The molecule has 0 radical (unpaired) electrons. The maximum atomic E-state index is 9.80. The van der Waals surface area contributed by atoms with Crippen LogP contribution in [0, 0.1) is 5.92 Å². The van der Waals surface area contributed by atoms with Crippen molar-refractivity contribution in [1.29, 1.82) is 0 Å². The molecule has 0 bridgehead atoms. The Balaban J connectivity index is 2.75. The molecular weight excluding hydrogens is 214 g/mol. The highest BCUT2D eigenvalue weighted by Gasteiger charge is 2.09. The molecule has 2 N–H and O–H groups in total. The Morgan fingerprint density at radius 1 is 1.24 bits per heavy atom. The quantitative estimate of drug-likeness (QED) is 0.827. The third-order valence-corrected chi connectivity index (χ3v) is 2.95. The molecule has 17 heavy (non-hydrogen) atoms. The van der Waals surface area contributed by atoms with Crippen molar-refractivity contribution in [3.05, 3.63) is 23.8 Å². The van der Waals surface area contributed by atoms with E-state index in [1.807, 2.05) is 13.1 Å². The van der Waals surface area contributed by atoms with Crippen LogP contribution in [-0.2, 0) is 0 Å². The number of benzene rings is 1. The SMILES string of the molecule is CC(C)CCN(C)c1ccc(C(C)O)c(O)c1. The second-order valence-corrected chi connectivity index (χ2v) is 5.02. The van der Waals surface area contributed by atoms with Crippen LogP contribution in [0.15, 0.2) is 18.2 Å². The van der Waals surface area contributed by atoms with Crippen LogP contribution in [0.25, 0.3) is 0 Å². The summed E-state index contributed by atoms with van der Waals surface area (Å²) in [4.78, 5) is 2.12. The van der Waals surface area contributed by atoms with Gasteiger partial charge >= 0.3 is 0 Å². The summed E-state index contributed by atoms with van der Waals surface area (Å²) in [6.45, 7) is 7.01. The minimum Gasteiger partial charge on any atom is -0.507 e. The number of hydrogen-bond acceptors (Lipinski definition) is 3. The van der Waals surface area contributed by atoms with E-state index in [0.29, 0.717) is 11.5 Å². The van der Waals surface area contributed by atoms with Gasteiger partial charge in [0.1, 0.15) is 5.75 Å². The highest BCUT2D eigenvalue weighted by molar-refractivity contribution is 5.53. The molecule has 1 atom stereocenters. The maximum Gasteiger partial charge on any atom is 0.123 e. The lowest BCUT2D eigenvalue weighted by molar-refractivity contribution is 0.195. The first kappa shape index (κ1) is 13.8. The molecule has 3 nitrogen and oxygen atoms in total. The van der Waals surface area contributed by atoms with E-state index in [1.165, 1.54) is 0 Å². The van der Waals surface area contributed by atoms with Gasteiger partial charge in [0.15, 0.2) is 0 Å². The fourth-order valence-corrected chi connectivity index (χ4v) is 1.70. The van der Waals surface area contributed by atoms with Crippen molar-refractivity contribution in [2.75, 3.05) is 18.5 Å². The van der Waals surface area contributed by atoms with E-state index >= 15 is 0 Å². The number of phenols is 1. The molecule has 0 aliphatic rings. The van der Waals surface area contributed by atoms with Crippen LogP contribution in [0.4, 0.5) is 5.69 Å². The Bertz CT molecular complexity index is 361. The van der Waals surface area contributed by atoms with E-state index in [0.717, 1.165) is 18.7 Å². The molecule has 0 saturated carbocycles. The first-order chi connectivity index (χ1) is 7.91. The summed E-state index contributed by atoms with van der Waals surface area (Å²) in [6.07, 6.45) is 0.486. The van der Waals surface area contributed by atoms with Crippen molar-refractivity contribution in [3.63, 3.8) is 0 Å². The molecule has 1 rings (SSSR count). The number of nitrogens with zero attached hydrogens (tertiary/aromatic N) is 1. The molecule has 1 aromatic carbocycles. The molecule has 3 heteroatoms. The monoisotopic (exact) mass is 237 g/mol. The van der Waals surface area contributed by atoms with E-state index in [1.54, 1.807) is 19.1 Å². The average molecular weight is 237 g/mol. The normalized spacial score (nSPS) is 12.8. The van der Waals surface area contributed by atoms with Crippen molar-refractivity contribution in [1.82, 2.24) is 0 Å². The Morgan fingerprint density at radius 2 is 1.88 bits per heavy atom. The van der Waals surface area contributed by atoms with Crippen LogP contribution in [0.2, 0.25) is 0 Å². The van der Waals surface area contributed by atoms with Gasteiger partial charge in [-0.25, -0.2) is 0 Å². The zero-order valence-electron chi connectivity index (χ0n) is 11.1. The molecule has 0 amide bonds. The molecule has 0 aliphatic heterocycles. The van der Waals surface area contributed by atoms with Crippen LogP contribution in [0.3, 0.4) is 0 Å². The third-order valence-electron chi connectivity index (χ3n) is 2.95. The minimum absolute atomic E-state index is 0.161. The molecule has 96 valence electrons. The first-order valence-electron chi connectivity index (χ1n) is 6.14. The molecule has 0 heterocycles. The fraction of sp³-hybridized carbons (Fsp3) is 0.571. The average Bonchev–Trinajstić information content (AvgIpc) is 2.25. The number of phenolic OH excluding ortho intramolecular Hbond substituents is 1. The minimum atomic E-state index is -0.634. The van der Waals surface area contributed by atoms with Gasteiger partial charge in [-0.1, -0.05) is 19.9 Å². The molecule has 1 unspecified atom stereocenters. The van der Waals surface area contributed by atoms with Crippen molar-refractivity contribution in [3.8, 4) is 5.75 Å². The molecule has 0 fully saturated rings. The Morgan fingerprint density at radius 3 is 2.35 bits per heavy atom. The Labute approximate surface area is 104 Å². The third kappa shape index (κ3) is 3.93. The highest BCUT2D eigenvalue weighted by Crippen LogP contribution is 2.28. The Kier molecular flexibility index (Phi) is 4.82. The van der Waals surface area contributed by atoms with Crippen LogP contribution in [0.5, 0.6) is 5.75 Å². The number of hydrogen-bond donors (Lipinski definition) is 2. The number of rotatable bonds is 5. The second kappa shape index (κ2) is 5.92. The molecule has 0 spiro atoms. The van der Waals surface area contributed by atoms with Gasteiger partial charge in [-0.05, 0) is 25.3 Å². The highest BCUT2D eigenvalue weighted by atomic mass is 16.3. The summed E-state index contributed by atoms with van der Waals surface area (Å²) in [6, 6.07) is 5.42. The standard InChI is InChI=1S/C14H23NO2/c1-10(2)7-8-15(4)12-5-6-13(11(3)16)14(17)9-12/h5-6,9-11,16-17H,7-8H2,1-4H3. The summed E-state index contributed by atoms with van der Waals surface area (Å²) in [5.74, 6) is 0.830. The summed E-state index contributed by atoms with van der Waals surface area (Å²) < 4.78 is 0. The lowest BCUT2D eigenvalue weighted by Gasteiger charge is -2.21. The van der Waals surface area contributed by atoms with Crippen LogP contribution >= 0.6 is 0 Å². The lowest BCUT2D eigenvalue weighted by Crippen LogP contribution is -2.19. The zero-order valence-corrected chi connectivity index (χ0v) is 11.1. The van der Waals surface area contributed by atoms with Crippen molar-refractivity contribution in [2.45, 2.75) is 33.3 Å². The maximum absolute atomic E-state index is 9.80. The van der Waals surface area contributed by atoms with Gasteiger partial charge in [0.2, 0.25) is 0 Å². The molecule has 0 saturated heterocycles. The molecule has 1 aromatic rings. The van der Waals surface area contributed by atoms with E-state index in [4.69, 9.17) is 0 Å². The molecular formula is C14H23NO2.